The summed E-state index contributed by atoms with van der Waals surface area (Å²) in [7, 11) is 0. The van der Waals surface area contributed by atoms with Crippen molar-refractivity contribution in [2.45, 2.75) is 13.0 Å². The van der Waals surface area contributed by atoms with E-state index < -0.39 is 0 Å². The van der Waals surface area contributed by atoms with Crippen LogP contribution in [0.2, 0.25) is 0 Å². The molecule has 2 heterocycles. The summed E-state index contributed by atoms with van der Waals surface area (Å²) in [5.41, 5.74) is 1.41. The second-order valence-electron chi connectivity index (χ2n) is 5.29. The lowest BCUT2D eigenvalue weighted by atomic mass is 9.88. The molecule has 2 atom stereocenters. The van der Waals surface area contributed by atoms with Gasteiger partial charge < -0.3 is 5.32 Å². The summed E-state index contributed by atoms with van der Waals surface area (Å²) < 4.78 is 1.24. The molecule has 4 heteroatoms. The van der Waals surface area contributed by atoms with Crippen LogP contribution in [-0.4, -0.2) is 31.1 Å². The lowest BCUT2D eigenvalue weighted by Crippen LogP contribution is -2.39. The maximum Gasteiger partial charge on any atom is 0.0245 e. The van der Waals surface area contributed by atoms with Gasteiger partial charge in [-0.2, -0.15) is 0 Å². The highest BCUT2D eigenvalue weighted by Gasteiger charge is 2.32. The van der Waals surface area contributed by atoms with E-state index in [2.05, 4.69) is 50.4 Å². The minimum Gasteiger partial charge on any atom is -0.316 e. The van der Waals surface area contributed by atoms with E-state index >= 15 is 0 Å². The zero-order valence-corrected chi connectivity index (χ0v) is 12.8. The Labute approximate surface area is 124 Å². The molecule has 3 rings (SSSR count). The number of halogens is 2. The summed E-state index contributed by atoms with van der Waals surface area (Å²) >= 11 is 3.64. The molecule has 0 aromatic heterocycles. The summed E-state index contributed by atoms with van der Waals surface area (Å²) in [5.74, 6) is 1.82. The van der Waals surface area contributed by atoms with Gasteiger partial charge in [0.15, 0.2) is 0 Å². The van der Waals surface area contributed by atoms with Gasteiger partial charge in [0.25, 0.3) is 0 Å². The second-order valence-corrected chi connectivity index (χ2v) is 6.15. The fraction of sp³-hybridized carbons (Fsp3) is 0.571. The fourth-order valence-electron chi connectivity index (χ4n) is 3.12. The summed E-state index contributed by atoms with van der Waals surface area (Å²) in [4.78, 5) is 2.61. The first-order valence-electron chi connectivity index (χ1n) is 6.49. The molecule has 0 aliphatic carbocycles. The maximum absolute atomic E-state index is 3.64. The molecule has 1 aromatic carbocycles. The Morgan fingerprint density at radius 2 is 2.00 bits per heavy atom. The van der Waals surface area contributed by atoms with Crippen molar-refractivity contribution < 1.29 is 0 Å². The van der Waals surface area contributed by atoms with E-state index in [1.54, 1.807) is 0 Å². The minimum absolute atomic E-state index is 0. The van der Waals surface area contributed by atoms with Gasteiger partial charge in [0.1, 0.15) is 0 Å². The molecule has 18 heavy (non-hydrogen) atoms. The number of hydrogen-bond acceptors (Lipinski definition) is 2. The second kappa shape index (κ2) is 6.38. The van der Waals surface area contributed by atoms with Crippen molar-refractivity contribution in [1.82, 2.24) is 10.2 Å². The SMILES string of the molecule is Brc1ccccc1CN1CCC2CNCC2C1.Cl. The first-order chi connectivity index (χ1) is 8.33. The quantitative estimate of drug-likeness (QED) is 0.896. The molecule has 100 valence electrons. The zero-order chi connectivity index (χ0) is 11.7. The Hall–Kier alpha value is -0.0900. The minimum atomic E-state index is 0. The summed E-state index contributed by atoms with van der Waals surface area (Å²) in [6.45, 7) is 6.07. The molecule has 2 aliphatic rings. The van der Waals surface area contributed by atoms with Gasteiger partial charge in [-0.05, 0) is 49.5 Å². The molecule has 0 bridgehead atoms. The molecule has 0 saturated carbocycles. The molecule has 2 saturated heterocycles. The van der Waals surface area contributed by atoms with Crippen LogP contribution in [0.3, 0.4) is 0 Å². The molecule has 2 fully saturated rings. The summed E-state index contributed by atoms with van der Waals surface area (Å²) in [5, 5.41) is 3.52. The van der Waals surface area contributed by atoms with Crippen molar-refractivity contribution in [3.8, 4) is 0 Å². The molecule has 0 amide bonds. The van der Waals surface area contributed by atoms with Gasteiger partial charge in [0, 0.05) is 17.6 Å². The Morgan fingerprint density at radius 1 is 1.22 bits per heavy atom. The number of nitrogens with one attached hydrogen (secondary N) is 1. The lowest BCUT2D eigenvalue weighted by molar-refractivity contribution is 0.142. The van der Waals surface area contributed by atoms with Crippen molar-refractivity contribution in [2.24, 2.45) is 11.8 Å². The van der Waals surface area contributed by atoms with Crippen molar-refractivity contribution in [3.63, 3.8) is 0 Å². The highest BCUT2D eigenvalue weighted by Crippen LogP contribution is 2.28. The highest BCUT2D eigenvalue weighted by atomic mass is 79.9. The van der Waals surface area contributed by atoms with Crippen molar-refractivity contribution >= 4 is 28.3 Å². The molecule has 2 nitrogen and oxygen atoms in total. The third-order valence-corrected chi connectivity index (χ3v) is 4.91. The maximum atomic E-state index is 3.64. The standard InChI is InChI=1S/C14H19BrN2.ClH/c15-14-4-2-1-3-12(14)9-17-6-5-11-7-16-8-13(11)10-17;/h1-4,11,13,16H,5-10H2;1H. The van der Waals surface area contributed by atoms with Gasteiger partial charge in [0.2, 0.25) is 0 Å². The van der Waals surface area contributed by atoms with E-state index in [0.717, 1.165) is 18.4 Å². The molecule has 0 spiro atoms. The third kappa shape index (κ3) is 3.08. The van der Waals surface area contributed by atoms with E-state index in [1.165, 1.54) is 42.6 Å². The van der Waals surface area contributed by atoms with E-state index in [9.17, 15) is 0 Å². The number of rotatable bonds is 2. The number of hydrogen-bond donors (Lipinski definition) is 1. The Kier molecular flexibility index (Phi) is 5.07. The van der Waals surface area contributed by atoms with Gasteiger partial charge in [0.05, 0.1) is 0 Å². The van der Waals surface area contributed by atoms with Gasteiger partial charge in [-0.25, -0.2) is 0 Å². The number of likely N-dealkylation sites (tertiary alicyclic amines) is 1. The monoisotopic (exact) mass is 330 g/mol. The molecule has 1 N–H and O–H groups in total. The molecular formula is C14H20BrClN2. The topological polar surface area (TPSA) is 15.3 Å². The summed E-state index contributed by atoms with van der Waals surface area (Å²) in [6.07, 6.45) is 1.36. The van der Waals surface area contributed by atoms with Gasteiger partial charge in [-0.1, -0.05) is 34.1 Å². The largest absolute Gasteiger partial charge is 0.316 e. The summed E-state index contributed by atoms with van der Waals surface area (Å²) in [6, 6.07) is 8.58. The normalized spacial score (nSPS) is 27.6. The average Bonchev–Trinajstić information content (AvgIpc) is 2.79. The lowest BCUT2D eigenvalue weighted by Gasteiger charge is -2.34. The Morgan fingerprint density at radius 3 is 2.83 bits per heavy atom. The van der Waals surface area contributed by atoms with E-state index in [-0.39, 0.29) is 12.4 Å². The predicted molar refractivity (Wildman–Crippen MR) is 81.1 cm³/mol. The van der Waals surface area contributed by atoms with Crippen LogP contribution in [0.4, 0.5) is 0 Å². The molecule has 0 radical (unpaired) electrons. The third-order valence-electron chi connectivity index (χ3n) is 4.14. The first kappa shape index (κ1) is 14.3. The first-order valence-corrected chi connectivity index (χ1v) is 7.29. The fourth-order valence-corrected chi connectivity index (χ4v) is 3.53. The van der Waals surface area contributed by atoms with E-state index in [0.29, 0.717) is 0 Å². The van der Waals surface area contributed by atoms with Crippen LogP contribution >= 0.6 is 28.3 Å². The van der Waals surface area contributed by atoms with Crippen LogP contribution in [0.1, 0.15) is 12.0 Å². The zero-order valence-electron chi connectivity index (χ0n) is 10.4. The van der Waals surface area contributed by atoms with Gasteiger partial charge in [-0.15, -0.1) is 12.4 Å². The van der Waals surface area contributed by atoms with Crippen LogP contribution in [0, 0.1) is 11.8 Å². The van der Waals surface area contributed by atoms with Crippen molar-refractivity contribution in [2.75, 3.05) is 26.2 Å². The van der Waals surface area contributed by atoms with Crippen LogP contribution in [0.15, 0.2) is 28.7 Å². The molecule has 2 aliphatic heterocycles. The molecule has 1 aromatic rings. The van der Waals surface area contributed by atoms with Crippen LogP contribution in [-0.2, 0) is 6.54 Å². The average molecular weight is 332 g/mol. The van der Waals surface area contributed by atoms with E-state index in [1.807, 2.05) is 0 Å². The Balaban J connectivity index is 0.00000120. The predicted octanol–water partition coefficient (Wildman–Crippen LogP) is 2.91. The number of benzene rings is 1. The van der Waals surface area contributed by atoms with Crippen LogP contribution < -0.4 is 5.32 Å². The highest BCUT2D eigenvalue weighted by molar-refractivity contribution is 9.10. The van der Waals surface area contributed by atoms with Crippen LogP contribution in [0.25, 0.3) is 0 Å². The number of fused-ring (bicyclic) bond motifs is 1. The number of nitrogens with zero attached hydrogens (tertiary/aromatic N) is 1. The smallest absolute Gasteiger partial charge is 0.0245 e. The molecular weight excluding hydrogens is 312 g/mol. The Bertz CT molecular complexity index is 399. The van der Waals surface area contributed by atoms with Crippen LogP contribution in [0.5, 0.6) is 0 Å². The van der Waals surface area contributed by atoms with Gasteiger partial charge >= 0.3 is 0 Å². The van der Waals surface area contributed by atoms with Crippen molar-refractivity contribution in [1.29, 1.82) is 0 Å². The number of piperidine rings is 1. The van der Waals surface area contributed by atoms with E-state index in [4.69, 9.17) is 0 Å². The van der Waals surface area contributed by atoms with Gasteiger partial charge in [-0.3, -0.25) is 4.90 Å². The molecule has 2 unspecified atom stereocenters. The van der Waals surface area contributed by atoms with Crippen molar-refractivity contribution in [3.05, 3.63) is 34.3 Å².